The normalized spacial score (nSPS) is 11.0. The predicted molar refractivity (Wildman–Crippen MR) is 135 cm³/mol. The van der Waals surface area contributed by atoms with Gasteiger partial charge in [0.05, 0.1) is 19.8 Å². The van der Waals surface area contributed by atoms with E-state index in [1.165, 1.54) is 5.56 Å². The quantitative estimate of drug-likeness (QED) is 0.297. The van der Waals surface area contributed by atoms with Crippen LogP contribution < -0.4 is 15.4 Å². The number of anilines is 2. The van der Waals surface area contributed by atoms with Crippen LogP contribution in [0.3, 0.4) is 0 Å². The lowest BCUT2D eigenvalue weighted by Gasteiger charge is -2.08. The van der Waals surface area contributed by atoms with Crippen LogP contribution in [0.25, 0.3) is 21.9 Å². The fourth-order valence-corrected chi connectivity index (χ4v) is 4.03. The third-order valence-electron chi connectivity index (χ3n) is 5.89. The second kappa shape index (κ2) is 9.38. The van der Waals surface area contributed by atoms with E-state index in [1.807, 2.05) is 30.3 Å². The second-order valence-electron chi connectivity index (χ2n) is 8.15. The van der Waals surface area contributed by atoms with Crippen molar-refractivity contribution in [1.29, 1.82) is 0 Å². The van der Waals surface area contributed by atoms with E-state index < -0.39 is 5.91 Å². The predicted octanol–water partition coefficient (Wildman–Crippen LogP) is 6.18. The van der Waals surface area contributed by atoms with Gasteiger partial charge < -0.3 is 24.2 Å². The Balaban J connectivity index is 1.42. The molecule has 0 aliphatic heterocycles. The van der Waals surface area contributed by atoms with E-state index in [4.69, 9.17) is 13.6 Å². The molecule has 0 bridgehead atoms. The summed E-state index contributed by atoms with van der Waals surface area (Å²) < 4.78 is 16.6. The van der Waals surface area contributed by atoms with Gasteiger partial charge in [0, 0.05) is 22.0 Å². The molecule has 3 aromatic carbocycles. The van der Waals surface area contributed by atoms with E-state index in [0.29, 0.717) is 28.1 Å². The molecule has 5 aromatic rings. The first-order valence-corrected chi connectivity index (χ1v) is 11.3. The number of benzene rings is 3. The smallest absolute Gasteiger partial charge is 0.293 e. The number of hydrogen-bond acceptors (Lipinski definition) is 5. The fraction of sp³-hybridized carbons (Fsp3) is 0.143. The summed E-state index contributed by atoms with van der Waals surface area (Å²) in [5.41, 5.74) is 4.09. The summed E-state index contributed by atoms with van der Waals surface area (Å²) in [5, 5.41) is 7.26. The van der Waals surface area contributed by atoms with E-state index in [2.05, 4.69) is 17.6 Å². The molecule has 0 atom stereocenters. The van der Waals surface area contributed by atoms with Crippen molar-refractivity contribution in [2.24, 2.45) is 0 Å². The number of rotatable bonds is 7. The molecular weight excluding hydrogens is 444 g/mol. The van der Waals surface area contributed by atoms with Crippen LogP contribution in [-0.4, -0.2) is 18.9 Å². The summed E-state index contributed by atoms with van der Waals surface area (Å²) in [5.74, 6) is -0.0409. The number of fused-ring (bicyclic) bond motifs is 2. The molecule has 0 aliphatic carbocycles. The van der Waals surface area contributed by atoms with Crippen LogP contribution in [0.4, 0.5) is 11.4 Å². The molecule has 0 fully saturated rings. The number of nitrogens with one attached hydrogen (secondary N) is 2. The lowest BCUT2D eigenvalue weighted by molar-refractivity contribution is -0.115. The molecule has 0 radical (unpaired) electrons. The maximum absolute atomic E-state index is 13.1. The van der Waals surface area contributed by atoms with Crippen molar-refractivity contribution in [2.75, 3.05) is 17.7 Å². The Morgan fingerprint density at radius 1 is 0.914 bits per heavy atom. The monoisotopic (exact) mass is 468 g/mol. The lowest BCUT2D eigenvalue weighted by atomic mass is 10.1. The van der Waals surface area contributed by atoms with Crippen LogP contribution in [0.5, 0.6) is 5.75 Å². The molecule has 176 valence electrons. The molecule has 7 nitrogen and oxygen atoms in total. The molecule has 0 aliphatic rings. The molecule has 7 heteroatoms. The minimum absolute atomic E-state index is 0.0284. The summed E-state index contributed by atoms with van der Waals surface area (Å²) in [6.45, 7) is 2.08. The number of carbonyl (C=O) groups is 2. The van der Waals surface area contributed by atoms with Crippen molar-refractivity contribution < 1.29 is 23.2 Å². The highest BCUT2D eigenvalue weighted by molar-refractivity contribution is 6.14. The van der Waals surface area contributed by atoms with Crippen LogP contribution in [0.15, 0.2) is 81.8 Å². The van der Waals surface area contributed by atoms with Crippen LogP contribution >= 0.6 is 0 Å². The van der Waals surface area contributed by atoms with Gasteiger partial charge in [-0.1, -0.05) is 25.1 Å². The first-order valence-electron chi connectivity index (χ1n) is 11.3. The number of carbonyl (C=O) groups excluding carboxylic acids is 2. The zero-order chi connectivity index (χ0) is 24.4. The summed E-state index contributed by atoms with van der Waals surface area (Å²) in [6, 6.07) is 20.1. The van der Waals surface area contributed by atoms with Crippen LogP contribution in [0.2, 0.25) is 0 Å². The highest BCUT2D eigenvalue weighted by atomic mass is 16.5. The molecular formula is C28H24N2O5. The van der Waals surface area contributed by atoms with Crippen molar-refractivity contribution in [2.45, 2.75) is 19.8 Å². The Kier molecular flexibility index (Phi) is 5.97. The molecule has 2 aromatic heterocycles. The van der Waals surface area contributed by atoms with Crippen LogP contribution in [0.1, 0.15) is 28.6 Å². The van der Waals surface area contributed by atoms with Crippen LogP contribution in [-0.2, 0) is 17.6 Å². The molecule has 5 rings (SSSR count). The first kappa shape index (κ1) is 22.3. The van der Waals surface area contributed by atoms with Gasteiger partial charge in [-0.05, 0) is 60.5 Å². The molecule has 35 heavy (non-hydrogen) atoms. The first-order chi connectivity index (χ1) is 17.1. The van der Waals surface area contributed by atoms with E-state index in [9.17, 15) is 9.59 Å². The van der Waals surface area contributed by atoms with Gasteiger partial charge in [-0.15, -0.1) is 0 Å². The minimum atomic E-state index is -0.469. The summed E-state index contributed by atoms with van der Waals surface area (Å²) in [7, 11) is 1.58. The van der Waals surface area contributed by atoms with Crippen LogP contribution in [0, 0.1) is 0 Å². The van der Waals surface area contributed by atoms with E-state index in [-0.39, 0.29) is 18.1 Å². The van der Waals surface area contributed by atoms with Gasteiger partial charge in [0.15, 0.2) is 0 Å². The number of amides is 2. The molecule has 2 N–H and O–H groups in total. The summed E-state index contributed by atoms with van der Waals surface area (Å²) in [4.78, 5) is 26.2. The Morgan fingerprint density at radius 3 is 2.49 bits per heavy atom. The Bertz CT molecular complexity index is 1530. The molecule has 0 spiro atoms. The molecule has 0 saturated carbocycles. The topological polar surface area (TPSA) is 93.7 Å². The average molecular weight is 469 g/mol. The molecule has 2 heterocycles. The number of methoxy groups -OCH3 is 1. The van der Waals surface area contributed by atoms with Crippen molar-refractivity contribution in [3.63, 3.8) is 0 Å². The number of hydrogen-bond donors (Lipinski definition) is 2. The summed E-state index contributed by atoms with van der Waals surface area (Å²) >= 11 is 0. The van der Waals surface area contributed by atoms with E-state index in [0.717, 1.165) is 23.0 Å². The molecule has 2 amide bonds. The minimum Gasteiger partial charge on any atom is -0.497 e. The highest BCUT2D eigenvalue weighted by Crippen LogP contribution is 2.32. The van der Waals surface area contributed by atoms with E-state index in [1.54, 1.807) is 49.8 Å². The number of ether oxygens (including phenoxy) is 1. The molecule has 0 unspecified atom stereocenters. The largest absolute Gasteiger partial charge is 0.497 e. The SMILES string of the molecule is CCc1ccc2occ(CC(=O)Nc3c(C(=O)Nc4ccc(OC)cc4)oc4ccccc34)c2c1. The number of para-hydroxylation sites is 1. The van der Waals surface area contributed by atoms with Crippen molar-refractivity contribution in [1.82, 2.24) is 0 Å². The van der Waals surface area contributed by atoms with Gasteiger partial charge in [-0.25, -0.2) is 0 Å². The summed E-state index contributed by atoms with van der Waals surface area (Å²) in [6.07, 6.45) is 2.59. The second-order valence-corrected chi connectivity index (χ2v) is 8.15. The lowest BCUT2D eigenvalue weighted by Crippen LogP contribution is -2.18. The Hall–Kier alpha value is -4.52. The van der Waals surface area contributed by atoms with Gasteiger partial charge in [0.1, 0.15) is 22.6 Å². The Morgan fingerprint density at radius 2 is 1.71 bits per heavy atom. The Labute approximate surface area is 201 Å². The third kappa shape index (κ3) is 4.48. The fourth-order valence-electron chi connectivity index (χ4n) is 4.03. The highest BCUT2D eigenvalue weighted by Gasteiger charge is 2.23. The van der Waals surface area contributed by atoms with Crippen molar-refractivity contribution >= 4 is 45.1 Å². The zero-order valence-electron chi connectivity index (χ0n) is 19.4. The van der Waals surface area contributed by atoms with Gasteiger partial charge in [-0.3, -0.25) is 9.59 Å². The standard InChI is InChI=1S/C28H24N2O5/c1-3-17-8-13-23-22(14-17)18(16-34-23)15-25(31)30-26-21-6-4-5-7-24(21)35-27(26)28(32)29-19-9-11-20(33-2)12-10-19/h4-14,16H,3,15H2,1-2H3,(H,29,32)(H,30,31). The molecule has 0 saturated heterocycles. The van der Waals surface area contributed by atoms with Crippen molar-refractivity contribution in [3.8, 4) is 5.75 Å². The van der Waals surface area contributed by atoms with Gasteiger partial charge in [-0.2, -0.15) is 0 Å². The third-order valence-corrected chi connectivity index (χ3v) is 5.89. The maximum atomic E-state index is 13.1. The maximum Gasteiger partial charge on any atom is 0.293 e. The van der Waals surface area contributed by atoms with Gasteiger partial charge in [0.25, 0.3) is 5.91 Å². The van der Waals surface area contributed by atoms with E-state index >= 15 is 0 Å². The van der Waals surface area contributed by atoms with Gasteiger partial charge in [0.2, 0.25) is 11.7 Å². The zero-order valence-corrected chi connectivity index (χ0v) is 19.4. The number of furan rings is 2. The van der Waals surface area contributed by atoms with Crippen molar-refractivity contribution in [3.05, 3.63) is 89.9 Å². The van der Waals surface area contributed by atoms with Gasteiger partial charge >= 0.3 is 0 Å². The number of aryl methyl sites for hydroxylation is 1. The average Bonchev–Trinajstić information content (AvgIpc) is 3.45.